The first kappa shape index (κ1) is 18.9. The van der Waals surface area contributed by atoms with Crippen LogP contribution in [-0.4, -0.2) is 51.5 Å². The van der Waals surface area contributed by atoms with Crippen LogP contribution in [0.1, 0.15) is 74.7 Å². The molecule has 1 aromatic rings. The molecule has 0 aromatic carbocycles. The first-order valence-corrected chi connectivity index (χ1v) is 10.9. The third kappa shape index (κ3) is 4.51. The van der Waals surface area contributed by atoms with E-state index >= 15 is 0 Å². The highest BCUT2D eigenvalue weighted by molar-refractivity contribution is 5.91. The quantitative estimate of drug-likeness (QED) is 0.827. The van der Waals surface area contributed by atoms with Crippen LogP contribution >= 0.6 is 0 Å². The topological polar surface area (TPSA) is 75.1 Å². The summed E-state index contributed by atoms with van der Waals surface area (Å²) in [6.45, 7) is 1.60. The molecule has 0 spiro atoms. The lowest BCUT2D eigenvalue weighted by atomic mass is 9.89. The maximum absolute atomic E-state index is 12.8. The SMILES string of the molecule is CN(CC1NNC2CCCCCC21)C(=O)c1cn(CC2CCCCC2)nn1. The number of fused-ring (bicyclic) bond motifs is 1. The monoisotopic (exact) mass is 374 g/mol. The summed E-state index contributed by atoms with van der Waals surface area (Å²) >= 11 is 0. The van der Waals surface area contributed by atoms with Crippen LogP contribution in [0.4, 0.5) is 0 Å². The number of nitrogens with one attached hydrogen (secondary N) is 2. The maximum atomic E-state index is 12.8. The zero-order valence-electron chi connectivity index (χ0n) is 16.6. The Morgan fingerprint density at radius 3 is 2.67 bits per heavy atom. The minimum absolute atomic E-state index is 0.0243. The van der Waals surface area contributed by atoms with Gasteiger partial charge in [-0.2, -0.15) is 0 Å². The van der Waals surface area contributed by atoms with E-state index in [9.17, 15) is 4.79 Å². The minimum atomic E-state index is -0.0243. The highest BCUT2D eigenvalue weighted by Gasteiger charge is 2.37. The number of likely N-dealkylation sites (N-methyl/N-ethyl adjacent to an activating group) is 1. The van der Waals surface area contributed by atoms with Gasteiger partial charge in [-0.1, -0.05) is 43.7 Å². The van der Waals surface area contributed by atoms with Gasteiger partial charge >= 0.3 is 0 Å². The zero-order chi connectivity index (χ0) is 18.6. The predicted octanol–water partition coefficient (Wildman–Crippen LogP) is 2.36. The highest BCUT2D eigenvalue weighted by atomic mass is 16.2. The highest BCUT2D eigenvalue weighted by Crippen LogP contribution is 2.29. The molecule has 1 saturated heterocycles. The lowest BCUT2D eigenvalue weighted by Gasteiger charge is -2.25. The summed E-state index contributed by atoms with van der Waals surface area (Å²) < 4.78 is 1.87. The summed E-state index contributed by atoms with van der Waals surface area (Å²) in [5.74, 6) is 1.27. The molecule has 3 aliphatic rings. The first-order chi connectivity index (χ1) is 13.2. The molecular weight excluding hydrogens is 340 g/mol. The summed E-state index contributed by atoms with van der Waals surface area (Å²) in [5, 5.41) is 8.37. The van der Waals surface area contributed by atoms with Gasteiger partial charge in [-0.15, -0.1) is 5.10 Å². The molecule has 2 saturated carbocycles. The number of hydrazine groups is 1. The Morgan fingerprint density at radius 1 is 1.11 bits per heavy atom. The third-order valence-corrected chi connectivity index (χ3v) is 6.79. The molecule has 1 aliphatic heterocycles. The number of aromatic nitrogens is 3. The van der Waals surface area contributed by atoms with Gasteiger partial charge in [-0.05, 0) is 37.5 Å². The van der Waals surface area contributed by atoms with Gasteiger partial charge in [0.1, 0.15) is 0 Å². The summed E-state index contributed by atoms with van der Waals surface area (Å²) in [5.41, 5.74) is 7.37. The minimum Gasteiger partial charge on any atom is -0.339 e. The second-order valence-corrected chi connectivity index (χ2v) is 8.82. The predicted molar refractivity (Wildman–Crippen MR) is 104 cm³/mol. The van der Waals surface area contributed by atoms with E-state index in [1.54, 1.807) is 0 Å². The Bertz CT molecular complexity index is 626. The second kappa shape index (κ2) is 8.69. The number of amides is 1. The summed E-state index contributed by atoms with van der Waals surface area (Å²) in [4.78, 5) is 14.6. The average Bonchev–Trinajstić information content (AvgIpc) is 3.22. The van der Waals surface area contributed by atoms with Crippen LogP contribution < -0.4 is 10.9 Å². The van der Waals surface area contributed by atoms with Crippen molar-refractivity contribution >= 4 is 5.91 Å². The number of nitrogens with zero attached hydrogens (tertiary/aromatic N) is 4. The summed E-state index contributed by atoms with van der Waals surface area (Å²) in [6, 6.07) is 0.872. The Kier molecular flexibility index (Phi) is 6.08. The molecule has 2 N–H and O–H groups in total. The molecule has 1 amide bonds. The lowest BCUT2D eigenvalue weighted by Crippen LogP contribution is -2.43. The van der Waals surface area contributed by atoms with E-state index in [2.05, 4.69) is 21.2 Å². The molecule has 3 fully saturated rings. The number of hydrogen-bond acceptors (Lipinski definition) is 5. The fraction of sp³-hybridized carbons (Fsp3) is 0.850. The summed E-state index contributed by atoms with van der Waals surface area (Å²) in [7, 11) is 1.88. The number of carbonyl (C=O) groups is 1. The van der Waals surface area contributed by atoms with Crippen molar-refractivity contribution in [1.29, 1.82) is 0 Å². The Labute approximate surface area is 162 Å². The molecule has 1 aromatic heterocycles. The largest absolute Gasteiger partial charge is 0.339 e. The van der Waals surface area contributed by atoms with E-state index in [0.717, 1.165) is 6.54 Å². The number of rotatable bonds is 5. The van der Waals surface area contributed by atoms with Crippen molar-refractivity contribution in [2.24, 2.45) is 11.8 Å². The molecule has 7 nitrogen and oxygen atoms in total. The number of hydrogen-bond donors (Lipinski definition) is 2. The molecule has 0 radical (unpaired) electrons. The Morgan fingerprint density at radius 2 is 1.85 bits per heavy atom. The van der Waals surface area contributed by atoms with Crippen molar-refractivity contribution in [3.8, 4) is 0 Å². The van der Waals surface area contributed by atoms with Crippen molar-refractivity contribution in [2.75, 3.05) is 13.6 Å². The number of carbonyl (C=O) groups excluding carboxylic acids is 1. The van der Waals surface area contributed by atoms with Crippen LogP contribution in [0.15, 0.2) is 6.20 Å². The van der Waals surface area contributed by atoms with Crippen molar-refractivity contribution < 1.29 is 4.79 Å². The van der Waals surface area contributed by atoms with Gasteiger partial charge in [-0.25, -0.2) is 0 Å². The average molecular weight is 375 g/mol. The van der Waals surface area contributed by atoms with E-state index in [0.29, 0.717) is 36.2 Å². The van der Waals surface area contributed by atoms with Crippen molar-refractivity contribution in [1.82, 2.24) is 30.7 Å². The van der Waals surface area contributed by atoms with Crippen LogP contribution in [0.5, 0.6) is 0 Å². The van der Waals surface area contributed by atoms with Crippen LogP contribution in [0.2, 0.25) is 0 Å². The Hall–Kier alpha value is -1.47. The van der Waals surface area contributed by atoms with Crippen LogP contribution in [0.3, 0.4) is 0 Å². The van der Waals surface area contributed by atoms with Crippen molar-refractivity contribution in [3.05, 3.63) is 11.9 Å². The van der Waals surface area contributed by atoms with Gasteiger partial charge in [0.25, 0.3) is 5.91 Å². The van der Waals surface area contributed by atoms with Crippen molar-refractivity contribution in [2.45, 2.75) is 82.8 Å². The van der Waals surface area contributed by atoms with Crippen LogP contribution in [0, 0.1) is 11.8 Å². The maximum Gasteiger partial charge on any atom is 0.275 e. The molecular formula is C20H34N6O. The molecule has 3 unspecified atom stereocenters. The van der Waals surface area contributed by atoms with Gasteiger partial charge in [0, 0.05) is 32.2 Å². The van der Waals surface area contributed by atoms with Gasteiger partial charge in [-0.3, -0.25) is 20.3 Å². The molecule has 4 rings (SSSR count). The Balaban J connectivity index is 1.32. The molecule has 27 heavy (non-hydrogen) atoms. The molecule has 2 heterocycles. The standard InChI is InChI=1S/C20H34N6O/c1-25(13-18-16-10-6-3-7-11-17(16)21-22-18)20(27)19-14-26(24-23-19)12-15-8-4-2-5-9-15/h14-18,21-22H,2-13H2,1H3. The molecule has 0 bridgehead atoms. The van der Waals surface area contributed by atoms with Gasteiger partial charge in [0.15, 0.2) is 5.69 Å². The second-order valence-electron chi connectivity index (χ2n) is 8.82. The van der Waals surface area contributed by atoms with Gasteiger partial charge in [0.2, 0.25) is 0 Å². The fourth-order valence-electron chi connectivity index (χ4n) is 5.19. The molecule has 3 atom stereocenters. The van der Waals surface area contributed by atoms with Crippen molar-refractivity contribution in [3.63, 3.8) is 0 Å². The normalized spacial score (nSPS) is 29.3. The first-order valence-electron chi connectivity index (χ1n) is 10.9. The smallest absolute Gasteiger partial charge is 0.275 e. The molecule has 2 aliphatic carbocycles. The molecule has 7 heteroatoms. The van der Waals surface area contributed by atoms with Gasteiger partial charge in [0.05, 0.1) is 6.20 Å². The van der Waals surface area contributed by atoms with Crippen LogP contribution in [0.25, 0.3) is 0 Å². The van der Waals surface area contributed by atoms with E-state index in [1.807, 2.05) is 22.8 Å². The zero-order valence-corrected chi connectivity index (χ0v) is 16.6. The fourth-order valence-corrected chi connectivity index (χ4v) is 5.19. The molecule has 150 valence electrons. The van der Waals surface area contributed by atoms with E-state index in [1.165, 1.54) is 64.2 Å². The lowest BCUT2D eigenvalue weighted by molar-refractivity contribution is 0.0768. The van der Waals surface area contributed by atoms with E-state index in [-0.39, 0.29) is 5.91 Å². The third-order valence-electron chi connectivity index (χ3n) is 6.79. The van der Waals surface area contributed by atoms with E-state index in [4.69, 9.17) is 0 Å². The summed E-state index contributed by atoms with van der Waals surface area (Å²) in [6.07, 6.45) is 14.8. The van der Waals surface area contributed by atoms with Gasteiger partial charge < -0.3 is 4.90 Å². The van der Waals surface area contributed by atoms with E-state index < -0.39 is 0 Å². The van der Waals surface area contributed by atoms with Crippen LogP contribution in [-0.2, 0) is 6.54 Å².